The second-order valence-electron chi connectivity index (χ2n) is 4.48. The summed E-state index contributed by atoms with van der Waals surface area (Å²) < 4.78 is 0. The molecule has 0 aliphatic carbocycles. The van der Waals surface area contributed by atoms with Gasteiger partial charge in [0, 0.05) is 22.9 Å². The molecule has 0 saturated carbocycles. The number of nitrogens with one attached hydrogen (secondary N) is 2. The van der Waals surface area contributed by atoms with E-state index < -0.39 is 23.2 Å². The fourth-order valence-corrected chi connectivity index (χ4v) is 3.06. The number of carbonyl (C=O) groups excluding carboxylic acids is 2. The molecule has 0 unspecified atom stereocenters. The number of carboxylic acid groups (broad SMARTS) is 1. The zero-order chi connectivity index (χ0) is 15.4. The van der Waals surface area contributed by atoms with Gasteiger partial charge in [0.15, 0.2) is 0 Å². The van der Waals surface area contributed by atoms with E-state index in [-0.39, 0.29) is 18.1 Å². The number of carbonyl (C=O) groups is 3. The molecular weight excluding hydrogens is 316 g/mol. The van der Waals surface area contributed by atoms with Gasteiger partial charge < -0.3 is 15.7 Å². The second-order valence-corrected chi connectivity index (χ2v) is 6.15. The Labute approximate surface area is 130 Å². The van der Waals surface area contributed by atoms with Crippen LogP contribution in [0, 0.1) is 0 Å². The van der Waals surface area contributed by atoms with Crippen molar-refractivity contribution in [2.24, 2.45) is 0 Å². The van der Waals surface area contributed by atoms with Crippen LogP contribution in [0.25, 0.3) is 0 Å². The SMILES string of the molecule is O=C(C[C@H]1SC[C@H](C(=O)O)NC1=O)Nc1ccc(Cl)cc1. The van der Waals surface area contributed by atoms with Crippen molar-refractivity contribution in [3.05, 3.63) is 29.3 Å². The normalized spacial score (nSPS) is 21.5. The van der Waals surface area contributed by atoms with Gasteiger partial charge in [-0.2, -0.15) is 0 Å². The Morgan fingerprint density at radius 2 is 2.05 bits per heavy atom. The maximum Gasteiger partial charge on any atom is 0.327 e. The summed E-state index contributed by atoms with van der Waals surface area (Å²) >= 11 is 6.92. The van der Waals surface area contributed by atoms with E-state index in [4.69, 9.17) is 16.7 Å². The van der Waals surface area contributed by atoms with E-state index >= 15 is 0 Å². The lowest BCUT2D eigenvalue weighted by Gasteiger charge is -2.25. The van der Waals surface area contributed by atoms with E-state index in [1.165, 1.54) is 11.8 Å². The molecule has 2 rings (SSSR count). The van der Waals surface area contributed by atoms with E-state index in [0.717, 1.165) is 0 Å². The van der Waals surface area contributed by atoms with Crippen LogP contribution in [0.2, 0.25) is 5.02 Å². The standard InChI is InChI=1S/C13H13ClN2O4S/c14-7-1-3-8(4-2-7)15-11(17)5-10-12(18)16-9(6-21-10)13(19)20/h1-4,9-10H,5-6H2,(H,15,17)(H,16,18)(H,19,20)/t9-,10-/m1/s1. The first-order valence-electron chi connectivity index (χ1n) is 6.16. The molecule has 3 N–H and O–H groups in total. The van der Waals surface area contributed by atoms with Crippen molar-refractivity contribution in [3.8, 4) is 0 Å². The van der Waals surface area contributed by atoms with Crippen LogP contribution in [0.15, 0.2) is 24.3 Å². The molecule has 21 heavy (non-hydrogen) atoms. The quantitative estimate of drug-likeness (QED) is 0.775. The molecule has 1 aromatic rings. The topological polar surface area (TPSA) is 95.5 Å². The molecule has 1 fully saturated rings. The molecule has 1 aromatic carbocycles. The fourth-order valence-electron chi connectivity index (χ4n) is 1.79. The van der Waals surface area contributed by atoms with Crippen molar-refractivity contribution in [2.45, 2.75) is 17.7 Å². The summed E-state index contributed by atoms with van der Waals surface area (Å²) in [5.41, 5.74) is 0.592. The van der Waals surface area contributed by atoms with Crippen LogP contribution < -0.4 is 10.6 Å². The van der Waals surface area contributed by atoms with Crippen LogP contribution in [-0.4, -0.2) is 39.9 Å². The van der Waals surface area contributed by atoms with Gasteiger partial charge >= 0.3 is 5.97 Å². The molecule has 1 heterocycles. The Kier molecular flexibility index (Phi) is 5.08. The van der Waals surface area contributed by atoms with Crippen LogP contribution in [-0.2, 0) is 14.4 Å². The maximum absolute atomic E-state index is 11.9. The van der Waals surface area contributed by atoms with E-state index in [1.54, 1.807) is 24.3 Å². The predicted molar refractivity (Wildman–Crippen MR) is 80.5 cm³/mol. The monoisotopic (exact) mass is 328 g/mol. The molecular formula is C13H13ClN2O4S. The van der Waals surface area contributed by atoms with Crippen molar-refractivity contribution < 1.29 is 19.5 Å². The number of aliphatic carboxylic acids is 1. The first kappa shape index (κ1) is 15.7. The molecule has 2 amide bonds. The van der Waals surface area contributed by atoms with Crippen LogP contribution in [0.4, 0.5) is 5.69 Å². The number of anilines is 1. The third-order valence-electron chi connectivity index (χ3n) is 2.87. The average Bonchev–Trinajstić information content (AvgIpc) is 2.43. The van der Waals surface area contributed by atoms with Gasteiger partial charge in [-0.3, -0.25) is 9.59 Å². The van der Waals surface area contributed by atoms with Gasteiger partial charge in [-0.25, -0.2) is 4.79 Å². The molecule has 0 spiro atoms. The molecule has 8 heteroatoms. The number of rotatable bonds is 4. The molecule has 1 aliphatic rings. The first-order chi connectivity index (χ1) is 9.95. The number of benzene rings is 1. The number of hydrogen-bond donors (Lipinski definition) is 3. The van der Waals surface area contributed by atoms with Crippen LogP contribution in [0.5, 0.6) is 0 Å². The zero-order valence-corrected chi connectivity index (χ0v) is 12.4. The highest BCUT2D eigenvalue weighted by molar-refractivity contribution is 8.00. The van der Waals surface area contributed by atoms with Gasteiger partial charge in [-0.05, 0) is 24.3 Å². The van der Waals surface area contributed by atoms with Crippen LogP contribution >= 0.6 is 23.4 Å². The Morgan fingerprint density at radius 3 is 2.62 bits per heavy atom. The summed E-state index contributed by atoms with van der Waals surface area (Å²) in [6.45, 7) is 0. The van der Waals surface area contributed by atoms with Crippen LogP contribution in [0.1, 0.15) is 6.42 Å². The lowest BCUT2D eigenvalue weighted by Crippen LogP contribution is -2.51. The zero-order valence-electron chi connectivity index (χ0n) is 10.8. The Morgan fingerprint density at radius 1 is 1.38 bits per heavy atom. The van der Waals surface area contributed by atoms with Gasteiger partial charge in [-0.1, -0.05) is 11.6 Å². The number of carboxylic acids is 1. The number of thioether (sulfide) groups is 1. The van der Waals surface area contributed by atoms with E-state index in [2.05, 4.69) is 10.6 Å². The minimum atomic E-state index is -1.07. The second kappa shape index (κ2) is 6.82. The lowest BCUT2D eigenvalue weighted by molar-refractivity contribution is -0.141. The summed E-state index contributed by atoms with van der Waals surface area (Å²) in [6, 6.07) is 5.73. The van der Waals surface area contributed by atoms with E-state index in [1.807, 2.05) is 0 Å². The molecule has 112 valence electrons. The molecule has 1 saturated heterocycles. The maximum atomic E-state index is 11.9. The smallest absolute Gasteiger partial charge is 0.327 e. The number of amides is 2. The number of hydrogen-bond acceptors (Lipinski definition) is 4. The van der Waals surface area contributed by atoms with Crippen molar-refractivity contribution in [2.75, 3.05) is 11.1 Å². The molecule has 0 bridgehead atoms. The molecule has 0 radical (unpaired) electrons. The van der Waals surface area contributed by atoms with E-state index in [9.17, 15) is 14.4 Å². The van der Waals surface area contributed by atoms with Gasteiger partial charge in [0.1, 0.15) is 6.04 Å². The Hall–Kier alpha value is -1.73. The fraction of sp³-hybridized carbons (Fsp3) is 0.308. The van der Waals surface area contributed by atoms with Gasteiger partial charge in [0.05, 0.1) is 5.25 Å². The molecule has 0 aromatic heterocycles. The summed E-state index contributed by atoms with van der Waals surface area (Å²) in [6.07, 6.45) is -0.00847. The van der Waals surface area contributed by atoms with Gasteiger partial charge in [0.2, 0.25) is 11.8 Å². The van der Waals surface area contributed by atoms with E-state index in [0.29, 0.717) is 10.7 Å². The highest BCUT2D eigenvalue weighted by Gasteiger charge is 2.33. The predicted octanol–water partition coefficient (Wildman–Crippen LogP) is 1.35. The minimum Gasteiger partial charge on any atom is -0.480 e. The average molecular weight is 329 g/mol. The molecule has 2 atom stereocenters. The summed E-state index contributed by atoms with van der Waals surface area (Å²) in [4.78, 5) is 34.4. The van der Waals surface area contributed by atoms with Gasteiger partial charge in [0.25, 0.3) is 0 Å². The highest BCUT2D eigenvalue weighted by atomic mass is 35.5. The summed E-state index contributed by atoms with van der Waals surface area (Å²) in [5.74, 6) is -1.55. The minimum absolute atomic E-state index is 0.00847. The van der Waals surface area contributed by atoms with Crippen LogP contribution in [0.3, 0.4) is 0 Å². The van der Waals surface area contributed by atoms with Crippen molar-refractivity contribution in [1.82, 2.24) is 5.32 Å². The van der Waals surface area contributed by atoms with Crippen molar-refractivity contribution in [3.63, 3.8) is 0 Å². The summed E-state index contributed by atoms with van der Waals surface area (Å²) in [7, 11) is 0. The number of halogens is 1. The first-order valence-corrected chi connectivity index (χ1v) is 7.58. The molecule has 1 aliphatic heterocycles. The van der Waals surface area contributed by atoms with Crippen molar-refractivity contribution >= 4 is 46.8 Å². The third-order valence-corrected chi connectivity index (χ3v) is 4.43. The largest absolute Gasteiger partial charge is 0.480 e. The highest BCUT2D eigenvalue weighted by Crippen LogP contribution is 2.22. The third kappa shape index (κ3) is 4.37. The Balaban J connectivity index is 1.87. The van der Waals surface area contributed by atoms with Crippen molar-refractivity contribution in [1.29, 1.82) is 0 Å². The lowest BCUT2D eigenvalue weighted by atomic mass is 10.2. The Bertz CT molecular complexity index is 564. The summed E-state index contributed by atoms with van der Waals surface area (Å²) in [5, 5.41) is 13.9. The molecule has 6 nitrogen and oxygen atoms in total. The van der Waals surface area contributed by atoms with Gasteiger partial charge in [-0.15, -0.1) is 11.8 Å².